The van der Waals surface area contributed by atoms with Gasteiger partial charge in [0.2, 0.25) is 23.3 Å². The lowest BCUT2D eigenvalue weighted by molar-refractivity contribution is -0.147. The Morgan fingerprint density at radius 2 is 1.57 bits per heavy atom. The highest BCUT2D eigenvalue weighted by Gasteiger charge is 2.71. The van der Waals surface area contributed by atoms with Crippen molar-refractivity contribution in [3.8, 4) is 5.75 Å². The van der Waals surface area contributed by atoms with E-state index in [0.717, 1.165) is 6.26 Å². The highest BCUT2D eigenvalue weighted by atomic mass is 32.2. The van der Waals surface area contributed by atoms with Gasteiger partial charge in [-0.1, -0.05) is 0 Å². The van der Waals surface area contributed by atoms with Crippen molar-refractivity contribution in [3.63, 3.8) is 0 Å². The Balaban J connectivity index is 1.74. The number of halogens is 4. The number of fused-ring (bicyclic) bond motifs is 1. The fourth-order valence-corrected chi connectivity index (χ4v) is 6.95. The summed E-state index contributed by atoms with van der Waals surface area (Å²) < 4.78 is 123. The number of nitrogens with zero attached hydrogens (tertiary/aromatic N) is 1. The van der Waals surface area contributed by atoms with Crippen molar-refractivity contribution < 1.29 is 57.5 Å². The minimum absolute atomic E-state index is 0.130. The van der Waals surface area contributed by atoms with Gasteiger partial charge in [0.25, 0.3) is 10.1 Å². The molecule has 0 spiro atoms. The molecule has 0 N–H and O–H groups in total. The number of esters is 1. The maximum absolute atomic E-state index is 14.4. The van der Waals surface area contributed by atoms with Crippen LogP contribution < -0.4 is 4.74 Å². The fourth-order valence-electron chi connectivity index (χ4n) is 5.67. The van der Waals surface area contributed by atoms with Gasteiger partial charge in [0.15, 0.2) is 11.6 Å². The summed E-state index contributed by atoms with van der Waals surface area (Å²) in [5, 5.41) is 0. The summed E-state index contributed by atoms with van der Waals surface area (Å²) in [5.41, 5.74) is 0. The summed E-state index contributed by atoms with van der Waals surface area (Å²) in [4.78, 5) is 25.0. The fraction of sp³-hybridized carbons (Fsp3) is 0.579. The monoisotopic (exact) mass is 544 g/mol. The van der Waals surface area contributed by atoms with Crippen LogP contribution in [0.1, 0.15) is 20.3 Å². The zero-order chi connectivity index (χ0) is 26.4. The van der Waals surface area contributed by atoms with Gasteiger partial charge < -0.3 is 14.2 Å². The number of hydrogen-bond donors (Lipinski definition) is 0. The molecule has 1 amide bonds. The maximum Gasteiger partial charge on any atom is 0.315 e. The number of ether oxygens (including phenoxy) is 1. The molecule has 1 aromatic rings. The molecule has 1 aromatic carbocycles. The summed E-state index contributed by atoms with van der Waals surface area (Å²) in [6.07, 6.45) is -0.290. The number of benzene rings is 1. The second kappa shape index (κ2) is 8.11. The Labute approximate surface area is 197 Å². The molecule has 1 heterocycles. The molecule has 1 saturated heterocycles. The SMILES string of the molecule is CC(C)N1C(=O)C2C3CC(C(OS(C)(=O)=O)C31)C2C(=O)Oc1c(F)c(F)c(S(=O)(=O)[O-])c(F)c1F. The van der Waals surface area contributed by atoms with Crippen molar-refractivity contribution in [2.75, 3.05) is 6.26 Å². The van der Waals surface area contributed by atoms with E-state index in [1.165, 1.54) is 4.90 Å². The van der Waals surface area contributed by atoms with Gasteiger partial charge in [-0.3, -0.25) is 13.8 Å². The molecule has 194 valence electrons. The quantitative estimate of drug-likeness (QED) is 0.127. The Morgan fingerprint density at radius 3 is 2.03 bits per heavy atom. The third-order valence-electron chi connectivity index (χ3n) is 6.66. The Hall–Kier alpha value is -2.30. The number of hydrogen-bond acceptors (Lipinski definition) is 9. The van der Waals surface area contributed by atoms with Crippen LogP contribution >= 0.6 is 0 Å². The lowest BCUT2D eigenvalue weighted by Gasteiger charge is -2.34. The van der Waals surface area contributed by atoms with Crippen molar-refractivity contribution in [2.45, 2.75) is 43.4 Å². The number of amides is 1. The molecule has 0 aromatic heterocycles. The van der Waals surface area contributed by atoms with Crippen molar-refractivity contribution in [2.24, 2.45) is 23.7 Å². The smallest absolute Gasteiger partial charge is 0.315 e. The highest BCUT2D eigenvalue weighted by Crippen LogP contribution is 2.60. The van der Waals surface area contributed by atoms with Gasteiger partial charge in [-0.2, -0.15) is 17.2 Å². The largest absolute Gasteiger partial charge is 0.744 e. The van der Waals surface area contributed by atoms with E-state index in [0.29, 0.717) is 0 Å². The molecule has 3 fully saturated rings. The number of likely N-dealkylation sites (tertiary alicyclic amines) is 1. The van der Waals surface area contributed by atoms with Gasteiger partial charge in [0.05, 0.1) is 24.1 Å². The summed E-state index contributed by atoms with van der Waals surface area (Å²) in [7, 11) is -10.0. The predicted molar refractivity (Wildman–Crippen MR) is 104 cm³/mol. The standard InChI is InChI=1S/C19H19F4NO9S2/c1-5(2)24-14-6-4-7(15(14)33-34(3,27)28)9(8(6)18(24)25)19(26)32-16-10(20)12(22)17(35(29,30)31)13(23)11(16)21/h5-9,14-15H,4H2,1-3H3,(H,29,30,31)/p-1. The van der Waals surface area contributed by atoms with Crippen LogP contribution in [0.4, 0.5) is 17.6 Å². The summed E-state index contributed by atoms with van der Waals surface area (Å²) >= 11 is 0. The topological polar surface area (TPSA) is 147 Å². The molecule has 1 aliphatic heterocycles. The summed E-state index contributed by atoms with van der Waals surface area (Å²) in [6.45, 7) is 3.31. The molecular weight excluding hydrogens is 526 g/mol. The third-order valence-corrected chi connectivity index (χ3v) is 8.09. The van der Waals surface area contributed by atoms with Crippen LogP contribution in [0.25, 0.3) is 0 Å². The van der Waals surface area contributed by atoms with E-state index >= 15 is 0 Å². The van der Waals surface area contributed by atoms with E-state index in [1.54, 1.807) is 13.8 Å². The first-order valence-corrected chi connectivity index (χ1v) is 13.4. The van der Waals surface area contributed by atoms with E-state index in [9.17, 15) is 48.5 Å². The second-order valence-electron chi connectivity index (χ2n) is 9.00. The average Bonchev–Trinajstić information content (AvgIpc) is 3.30. The van der Waals surface area contributed by atoms with Crippen LogP contribution in [0, 0.1) is 46.9 Å². The van der Waals surface area contributed by atoms with Gasteiger partial charge in [-0.05, 0) is 26.2 Å². The molecule has 16 heteroatoms. The predicted octanol–water partition coefficient (Wildman–Crippen LogP) is 0.899. The summed E-state index contributed by atoms with van der Waals surface area (Å²) in [5.74, 6) is -18.1. The van der Waals surface area contributed by atoms with Crippen molar-refractivity contribution in [1.82, 2.24) is 4.90 Å². The van der Waals surface area contributed by atoms with E-state index in [2.05, 4.69) is 4.74 Å². The molecule has 2 bridgehead atoms. The van der Waals surface area contributed by atoms with Crippen LogP contribution in [0.15, 0.2) is 4.90 Å². The first-order valence-electron chi connectivity index (χ1n) is 10.2. The van der Waals surface area contributed by atoms with E-state index in [-0.39, 0.29) is 6.42 Å². The van der Waals surface area contributed by atoms with Crippen LogP contribution in [-0.4, -0.2) is 62.6 Å². The van der Waals surface area contributed by atoms with Gasteiger partial charge >= 0.3 is 5.97 Å². The number of carbonyl (C=O) groups is 2. The van der Waals surface area contributed by atoms with Crippen LogP contribution in [0.5, 0.6) is 5.75 Å². The van der Waals surface area contributed by atoms with E-state index < -0.39 is 108 Å². The molecule has 35 heavy (non-hydrogen) atoms. The van der Waals surface area contributed by atoms with Crippen molar-refractivity contribution in [1.29, 1.82) is 0 Å². The van der Waals surface area contributed by atoms with E-state index in [1.807, 2.05) is 0 Å². The van der Waals surface area contributed by atoms with Crippen molar-refractivity contribution >= 4 is 32.1 Å². The van der Waals surface area contributed by atoms with Gasteiger partial charge in [0, 0.05) is 12.0 Å². The molecule has 3 aliphatic rings. The minimum Gasteiger partial charge on any atom is -0.744 e. The van der Waals surface area contributed by atoms with E-state index in [4.69, 9.17) is 4.18 Å². The molecule has 6 unspecified atom stereocenters. The lowest BCUT2D eigenvalue weighted by Crippen LogP contribution is -2.48. The Bertz CT molecular complexity index is 1320. The molecule has 0 radical (unpaired) electrons. The molecule has 6 atom stereocenters. The molecule has 4 rings (SSSR count). The van der Waals surface area contributed by atoms with Crippen LogP contribution in [-0.2, 0) is 34.0 Å². The maximum atomic E-state index is 14.4. The zero-order valence-electron chi connectivity index (χ0n) is 18.2. The lowest BCUT2D eigenvalue weighted by atomic mass is 9.78. The van der Waals surface area contributed by atoms with Gasteiger partial charge in [0.1, 0.15) is 21.1 Å². The van der Waals surface area contributed by atoms with Gasteiger partial charge in [-0.25, -0.2) is 17.2 Å². The minimum atomic E-state index is -5.97. The first kappa shape index (κ1) is 25.8. The summed E-state index contributed by atoms with van der Waals surface area (Å²) in [6, 6.07) is -1.11. The number of carbonyl (C=O) groups excluding carboxylic acids is 2. The number of rotatable bonds is 6. The molecule has 2 saturated carbocycles. The zero-order valence-corrected chi connectivity index (χ0v) is 19.8. The van der Waals surface area contributed by atoms with Crippen LogP contribution in [0.2, 0.25) is 0 Å². The molecular formula is C19H18F4NO9S2-. The molecule has 10 nitrogen and oxygen atoms in total. The molecule has 2 aliphatic carbocycles. The average molecular weight is 544 g/mol. The highest BCUT2D eigenvalue weighted by molar-refractivity contribution is 7.86. The van der Waals surface area contributed by atoms with Crippen LogP contribution in [0.3, 0.4) is 0 Å². The first-order chi connectivity index (χ1) is 16.0. The Morgan fingerprint density at radius 1 is 1.03 bits per heavy atom. The van der Waals surface area contributed by atoms with Crippen molar-refractivity contribution in [3.05, 3.63) is 23.3 Å². The van der Waals surface area contributed by atoms with Gasteiger partial charge in [-0.15, -0.1) is 0 Å². The third kappa shape index (κ3) is 3.90. The normalized spacial score (nSPS) is 30.0. The second-order valence-corrected chi connectivity index (χ2v) is 11.9. The Kier molecular flexibility index (Phi) is 5.97.